The van der Waals surface area contributed by atoms with Gasteiger partial charge >= 0.3 is 11.9 Å². The van der Waals surface area contributed by atoms with Gasteiger partial charge in [-0.05, 0) is 61.8 Å². The van der Waals surface area contributed by atoms with Crippen LogP contribution in [0.15, 0.2) is 64.8 Å². The van der Waals surface area contributed by atoms with Crippen LogP contribution in [-0.2, 0) is 21.4 Å². The van der Waals surface area contributed by atoms with Crippen molar-refractivity contribution in [1.82, 2.24) is 0 Å². The number of carboxylic acid groups (broad SMARTS) is 2. The first kappa shape index (κ1) is 38.3. The number of carboxylic acids is 2. The number of ether oxygens (including phenoxy) is 1. The fourth-order valence-corrected chi connectivity index (χ4v) is 5.47. The highest BCUT2D eigenvalue weighted by Crippen LogP contribution is 2.37. The van der Waals surface area contributed by atoms with E-state index in [1.54, 1.807) is 14.2 Å². The summed E-state index contributed by atoms with van der Waals surface area (Å²) < 4.78 is 5.51. The average Bonchev–Trinajstić information content (AvgIpc) is 3.04. The van der Waals surface area contributed by atoms with Gasteiger partial charge in [-0.2, -0.15) is 15.5 Å². The third-order valence-electron chi connectivity index (χ3n) is 8.01. The third kappa shape index (κ3) is 16.2. The maximum absolute atomic E-state index is 10.5. The van der Waals surface area contributed by atoms with Crippen LogP contribution in [0.1, 0.15) is 114 Å². The van der Waals surface area contributed by atoms with Crippen LogP contribution in [0.4, 0.5) is 0 Å². The van der Waals surface area contributed by atoms with Crippen LogP contribution < -0.4 is 4.74 Å². The van der Waals surface area contributed by atoms with Gasteiger partial charge in [-0.15, -0.1) is 0 Å². The standard InChI is InChI=1S/C34H51N3O.C2H2O4/c1-4-5-6-7-8-9-10-11-12-16-26-34(29-35,31-21-17-23-33(28-31)38-3)27-18-22-32(37-36-2)25-24-30-19-14-13-15-20-30;3-1(4)2(5)6/h13-15,17,19-21,23,28,32H,4-12,16,18,22,24-27H2,1-3H3;(H,3,4)(H,5,6)/b37-36+;. The Bertz CT molecular complexity index is 1120. The second-order valence-corrected chi connectivity index (χ2v) is 11.4. The normalized spacial score (nSPS) is 12.9. The largest absolute Gasteiger partial charge is 0.497 e. The minimum Gasteiger partial charge on any atom is -0.497 e. The lowest BCUT2D eigenvalue weighted by Gasteiger charge is -2.28. The number of aliphatic carboxylic acids is 2. The van der Waals surface area contributed by atoms with Crippen molar-refractivity contribution >= 4 is 11.9 Å². The Balaban J connectivity index is 0.00000146. The van der Waals surface area contributed by atoms with Gasteiger partial charge in [0, 0.05) is 7.05 Å². The summed E-state index contributed by atoms with van der Waals surface area (Å²) in [5, 5.41) is 34.0. The van der Waals surface area contributed by atoms with Crippen molar-refractivity contribution in [2.75, 3.05) is 14.2 Å². The number of nitrogens with zero attached hydrogens (tertiary/aromatic N) is 3. The summed E-state index contributed by atoms with van der Waals surface area (Å²) in [5.74, 6) is -2.82. The van der Waals surface area contributed by atoms with Crippen LogP contribution >= 0.6 is 0 Å². The van der Waals surface area contributed by atoms with E-state index in [4.69, 9.17) is 24.5 Å². The zero-order valence-electron chi connectivity index (χ0n) is 27.0. The number of rotatable bonds is 21. The zero-order chi connectivity index (χ0) is 32.5. The Kier molecular flexibility index (Phi) is 20.6. The molecule has 0 saturated heterocycles. The molecular formula is C36H53N3O5. The van der Waals surface area contributed by atoms with Gasteiger partial charge in [0.15, 0.2) is 0 Å². The van der Waals surface area contributed by atoms with Crippen molar-refractivity contribution < 1.29 is 24.5 Å². The molecule has 0 spiro atoms. The fraction of sp³-hybridized carbons (Fsp3) is 0.583. The lowest BCUT2D eigenvalue weighted by molar-refractivity contribution is -0.159. The third-order valence-corrected chi connectivity index (χ3v) is 8.01. The number of methoxy groups -OCH3 is 1. The molecule has 2 aromatic rings. The number of benzene rings is 2. The van der Waals surface area contributed by atoms with Gasteiger partial charge in [-0.3, -0.25) is 0 Å². The van der Waals surface area contributed by atoms with E-state index in [-0.39, 0.29) is 6.04 Å². The quantitative estimate of drug-likeness (QED) is 0.0826. The molecule has 0 heterocycles. The second kappa shape index (κ2) is 23.7. The molecule has 0 radical (unpaired) electrons. The van der Waals surface area contributed by atoms with Crippen molar-refractivity contribution in [2.24, 2.45) is 10.2 Å². The molecule has 8 nitrogen and oxygen atoms in total. The maximum atomic E-state index is 10.5. The first-order valence-electron chi connectivity index (χ1n) is 16.2. The molecule has 0 fully saturated rings. The van der Waals surface area contributed by atoms with E-state index in [1.165, 1.54) is 63.4 Å². The molecule has 0 saturated carbocycles. The van der Waals surface area contributed by atoms with Crippen LogP contribution in [0.25, 0.3) is 0 Å². The minimum absolute atomic E-state index is 0.194. The molecule has 44 heavy (non-hydrogen) atoms. The number of hydrogen-bond acceptors (Lipinski definition) is 6. The first-order chi connectivity index (χ1) is 21.3. The van der Waals surface area contributed by atoms with E-state index >= 15 is 0 Å². The summed E-state index contributed by atoms with van der Waals surface area (Å²) >= 11 is 0. The summed E-state index contributed by atoms with van der Waals surface area (Å²) in [4.78, 5) is 18.2. The van der Waals surface area contributed by atoms with E-state index in [2.05, 4.69) is 65.7 Å². The van der Waals surface area contributed by atoms with Crippen LogP contribution in [-0.4, -0.2) is 42.4 Å². The summed E-state index contributed by atoms with van der Waals surface area (Å²) in [6.45, 7) is 2.27. The van der Waals surface area contributed by atoms with E-state index in [9.17, 15) is 5.26 Å². The predicted molar refractivity (Wildman–Crippen MR) is 175 cm³/mol. The highest BCUT2D eigenvalue weighted by atomic mass is 16.5. The number of aryl methyl sites for hydroxylation is 1. The molecule has 0 aliphatic rings. The fourth-order valence-electron chi connectivity index (χ4n) is 5.47. The summed E-state index contributed by atoms with van der Waals surface area (Å²) in [5.41, 5.74) is 1.95. The number of hydrogen-bond donors (Lipinski definition) is 2. The van der Waals surface area contributed by atoms with Crippen molar-refractivity contribution in [3.05, 3.63) is 65.7 Å². The summed E-state index contributed by atoms with van der Waals surface area (Å²) in [7, 11) is 3.46. The lowest BCUT2D eigenvalue weighted by atomic mass is 9.73. The Morgan fingerprint density at radius 3 is 1.98 bits per heavy atom. The highest BCUT2D eigenvalue weighted by molar-refractivity contribution is 6.27. The average molecular weight is 608 g/mol. The number of azo groups is 1. The maximum Gasteiger partial charge on any atom is 0.414 e. The Morgan fingerprint density at radius 2 is 1.43 bits per heavy atom. The SMILES string of the molecule is CCCCCCCCCCCCC(C#N)(CCCC(CCc1ccccc1)/N=N/C)c1cccc(OC)c1.O=C(O)C(=O)O. The summed E-state index contributed by atoms with van der Waals surface area (Å²) in [6, 6.07) is 21.7. The molecule has 0 aliphatic heterocycles. The molecule has 0 aromatic heterocycles. The number of unbranched alkanes of at least 4 members (excludes halogenated alkanes) is 9. The molecule has 0 aliphatic carbocycles. The molecule has 0 amide bonds. The van der Waals surface area contributed by atoms with Crippen molar-refractivity contribution in [3.8, 4) is 11.8 Å². The van der Waals surface area contributed by atoms with E-state index < -0.39 is 17.4 Å². The van der Waals surface area contributed by atoms with Gasteiger partial charge < -0.3 is 14.9 Å². The number of nitriles is 1. The zero-order valence-corrected chi connectivity index (χ0v) is 27.0. The second-order valence-electron chi connectivity index (χ2n) is 11.4. The van der Waals surface area contributed by atoms with Crippen LogP contribution in [0.3, 0.4) is 0 Å². The molecule has 2 N–H and O–H groups in total. The molecule has 2 aromatic carbocycles. The summed E-state index contributed by atoms with van der Waals surface area (Å²) in [6.07, 6.45) is 18.7. The van der Waals surface area contributed by atoms with Gasteiger partial charge in [0.2, 0.25) is 0 Å². The topological polar surface area (TPSA) is 132 Å². The number of carbonyl (C=O) groups is 2. The van der Waals surface area contributed by atoms with Gasteiger partial charge in [0.25, 0.3) is 0 Å². The predicted octanol–water partition coefficient (Wildman–Crippen LogP) is 9.18. The van der Waals surface area contributed by atoms with E-state index in [1.807, 2.05) is 12.1 Å². The molecule has 2 rings (SSSR count). The minimum atomic E-state index is -1.82. The Labute approximate surface area is 264 Å². The molecule has 242 valence electrons. The Morgan fingerprint density at radius 1 is 0.841 bits per heavy atom. The van der Waals surface area contributed by atoms with Crippen molar-refractivity contribution in [3.63, 3.8) is 0 Å². The van der Waals surface area contributed by atoms with Gasteiger partial charge in [0.1, 0.15) is 5.75 Å². The molecule has 2 atom stereocenters. The van der Waals surface area contributed by atoms with Gasteiger partial charge in [-0.1, -0.05) is 114 Å². The monoisotopic (exact) mass is 607 g/mol. The molecule has 8 heteroatoms. The molecule has 0 bridgehead atoms. The van der Waals surface area contributed by atoms with Crippen LogP contribution in [0, 0.1) is 11.3 Å². The van der Waals surface area contributed by atoms with Gasteiger partial charge in [0.05, 0.1) is 24.6 Å². The first-order valence-corrected chi connectivity index (χ1v) is 16.2. The van der Waals surface area contributed by atoms with Crippen molar-refractivity contribution in [1.29, 1.82) is 5.26 Å². The molecule has 2 unspecified atom stereocenters. The Hall–Kier alpha value is -3.73. The van der Waals surface area contributed by atoms with Gasteiger partial charge in [-0.25, -0.2) is 9.59 Å². The van der Waals surface area contributed by atoms with E-state index in [0.29, 0.717) is 0 Å². The van der Waals surface area contributed by atoms with Crippen LogP contribution in [0.2, 0.25) is 0 Å². The lowest BCUT2D eigenvalue weighted by Crippen LogP contribution is -2.25. The smallest absolute Gasteiger partial charge is 0.414 e. The molecular weight excluding hydrogens is 554 g/mol. The van der Waals surface area contributed by atoms with E-state index in [0.717, 1.165) is 56.3 Å². The van der Waals surface area contributed by atoms with Crippen molar-refractivity contribution in [2.45, 2.75) is 121 Å². The van der Waals surface area contributed by atoms with Crippen LogP contribution in [0.5, 0.6) is 5.75 Å². The highest BCUT2D eigenvalue weighted by Gasteiger charge is 2.32.